The Morgan fingerprint density at radius 3 is 2.29 bits per heavy atom. The van der Waals surface area contributed by atoms with Crippen LogP contribution in [0.5, 0.6) is 0 Å². The van der Waals surface area contributed by atoms with Gasteiger partial charge in [-0.15, -0.1) is 0 Å². The number of hydrogen-bond donors (Lipinski definition) is 0. The predicted octanol–water partition coefficient (Wildman–Crippen LogP) is 0.848. The van der Waals surface area contributed by atoms with Crippen LogP contribution in [0.25, 0.3) is 5.43 Å². The van der Waals surface area contributed by atoms with Crippen LogP contribution in [0.4, 0.5) is 5.69 Å². The first-order valence-electron chi connectivity index (χ1n) is 3.02. The summed E-state index contributed by atoms with van der Waals surface area (Å²) in [6, 6.07) is 2.71. The van der Waals surface area contributed by atoms with Crippen molar-refractivity contribution in [3.05, 3.63) is 42.7 Å². The number of rotatable bonds is 2. The molecular weight excluding hydrogens is 261 g/mol. The Bertz CT molecular complexity index is 361. The zero-order valence-corrected chi connectivity index (χ0v) is 11.3. The molecule has 0 N–H and O–H groups in total. The van der Waals surface area contributed by atoms with Crippen LogP contribution >= 0.6 is 34.8 Å². The summed E-state index contributed by atoms with van der Waals surface area (Å²) in [6.45, 7) is 0. The molecule has 0 saturated carbocycles. The summed E-state index contributed by atoms with van der Waals surface area (Å²) in [6.07, 6.45) is 0. The molecule has 0 spiro atoms. The van der Waals surface area contributed by atoms with Gasteiger partial charge in [0.05, 0.1) is 15.1 Å². The molecular formula is C6H2Cl3N2NaO2. The molecule has 0 heterocycles. The summed E-state index contributed by atoms with van der Waals surface area (Å²) >= 11 is 16.8. The first-order valence-corrected chi connectivity index (χ1v) is 4.15. The smallest absolute Gasteiger partial charge is 0.347 e. The van der Waals surface area contributed by atoms with Gasteiger partial charge in [0.15, 0.2) is 0 Å². The van der Waals surface area contributed by atoms with Gasteiger partial charge in [-0.3, -0.25) is 10.1 Å². The second kappa shape index (κ2) is 6.00. The Labute approximate surface area is 117 Å². The maximum Gasteiger partial charge on any atom is 1.00 e. The summed E-state index contributed by atoms with van der Waals surface area (Å²) < 4.78 is 0. The van der Waals surface area contributed by atoms with Crippen molar-refractivity contribution in [2.24, 2.45) is 0 Å². The Kier molecular flexibility index (Phi) is 6.12. The van der Waals surface area contributed by atoms with Gasteiger partial charge in [0.1, 0.15) is 0 Å². The predicted molar refractivity (Wildman–Crippen MR) is 51.5 cm³/mol. The molecule has 0 bridgehead atoms. The summed E-state index contributed by atoms with van der Waals surface area (Å²) in [7, 11) is 0. The van der Waals surface area contributed by atoms with Crippen molar-refractivity contribution in [3.8, 4) is 0 Å². The van der Waals surface area contributed by atoms with E-state index in [0.717, 1.165) is 0 Å². The summed E-state index contributed by atoms with van der Waals surface area (Å²) in [4.78, 5) is 10.0. The largest absolute Gasteiger partial charge is 1.00 e. The summed E-state index contributed by atoms with van der Waals surface area (Å²) in [5.74, 6) is 0. The van der Waals surface area contributed by atoms with E-state index in [1.165, 1.54) is 12.1 Å². The van der Waals surface area contributed by atoms with Crippen LogP contribution in [0.2, 0.25) is 15.1 Å². The molecule has 0 aliphatic heterocycles. The standard InChI is InChI=1S/C6H2Cl3N2O2.Na/c7-3-1-2-4(10-11(12)13)6(9)5(3)8;/h1-2H;/q-1;+1. The van der Waals surface area contributed by atoms with Crippen molar-refractivity contribution in [1.82, 2.24) is 0 Å². The van der Waals surface area contributed by atoms with Gasteiger partial charge < -0.3 is 5.43 Å². The summed E-state index contributed by atoms with van der Waals surface area (Å²) in [5, 5.41) is 9.44. The van der Waals surface area contributed by atoms with Crippen molar-refractivity contribution < 1.29 is 34.6 Å². The first-order chi connectivity index (χ1) is 6.02. The molecule has 1 rings (SSSR count). The first kappa shape index (κ1) is 14.3. The molecule has 70 valence electrons. The third-order valence-corrected chi connectivity index (χ3v) is 2.49. The molecule has 0 atom stereocenters. The quantitative estimate of drug-likeness (QED) is 0.344. The van der Waals surface area contributed by atoms with E-state index in [9.17, 15) is 10.1 Å². The average Bonchev–Trinajstić information content (AvgIpc) is 2.06. The SMILES string of the molecule is O=[N+]([O-])[N-]c1ccc(Cl)c(Cl)c1Cl.[Na+]. The third kappa shape index (κ3) is 3.46. The molecule has 0 fully saturated rings. The van der Waals surface area contributed by atoms with E-state index in [0.29, 0.717) is 0 Å². The van der Waals surface area contributed by atoms with E-state index in [-0.39, 0.29) is 50.3 Å². The van der Waals surface area contributed by atoms with E-state index in [4.69, 9.17) is 34.8 Å². The summed E-state index contributed by atoms with van der Waals surface area (Å²) in [5.41, 5.74) is 3.00. The minimum Gasteiger partial charge on any atom is -0.347 e. The molecule has 0 unspecified atom stereocenters. The maximum absolute atomic E-state index is 10.0. The van der Waals surface area contributed by atoms with Crippen LogP contribution in [0.1, 0.15) is 0 Å². The molecule has 4 nitrogen and oxygen atoms in total. The molecule has 0 saturated heterocycles. The van der Waals surface area contributed by atoms with Crippen LogP contribution in [0, 0.1) is 10.1 Å². The van der Waals surface area contributed by atoms with Gasteiger partial charge in [-0.2, -0.15) is 0 Å². The molecule has 1 aromatic rings. The average molecular weight is 263 g/mol. The van der Waals surface area contributed by atoms with Crippen LogP contribution in [0.3, 0.4) is 0 Å². The third-order valence-electron chi connectivity index (χ3n) is 1.20. The van der Waals surface area contributed by atoms with Crippen molar-refractivity contribution in [2.75, 3.05) is 0 Å². The van der Waals surface area contributed by atoms with E-state index >= 15 is 0 Å². The van der Waals surface area contributed by atoms with Gasteiger partial charge in [-0.05, 0) is 11.1 Å². The molecule has 0 aliphatic carbocycles. The number of benzene rings is 1. The fraction of sp³-hybridized carbons (Fsp3) is 0. The fourth-order valence-corrected chi connectivity index (χ4v) is 1.25. The number of hydrogen-bond acceptors (Lipinski definition) is 2. The van der Waals surface area contributed by atoms with E-state index in [2.05, 4.69) is 5.43 Å². The van der Waals surface area contributed by atoms with Gasteiger partial charge in [-0.1, -0.05) is 46.6 Å². The molecule has 1 aromatic carbocycles. The zero-order chi connectivity index (χ0) is 10.0. The van der Waals surface area contributed by atoms with Gasteiger partial charge in [-0.25, -0.2) is 0 Å². The zero-order valence-electron chi connectivity index (χ0n) is 7.00. The molecule has 8 heteroatoms. The van der Waals surface area contributed by atoms with Gasteiger partial charge >= 0.3 is 29.6 Å². The van der Waals surface area contributed by atoms with Gasteiger partial charge in [0, 0.05) is 0 Å². The van der Waals surface area contributed by atoms with Crippen molar-refractivity contribution in [3.63, 3.8) is 0 Å². The van der Waals surface area contributed by atoms with E-state index in [1.807, 2.05) is 0 Å². The fourth-order valence-electron chi connectivity index (χ4n) is 0.681. The molecule has 0 aliphatic rings. The topological polar surface area (TPSA) is 57.2 Å². The molecule has 14 heavy (non-hydrogen) atoms. The van der Waals surface area contributed by atoms with Crippen LogP contribution < -0.4 is 29.6 Å². The van der Waals surface area contributed by atoms with Crippen molar-refractivity contribution in [2.45, 2.75) is 0 Å². The van der Waals surface area contributed by atoms with E-state index in [1.54, 1.807) is 0 Å². The Morgan fingerprint density at radius 1 is 1.21 bits per heavy atom. The van der Waals surface area contributed by atoms with Crippen LogP contribution in [0.15, 0.2) is 12.1 Å². The normalized spacial score (nSPS) is 9.07. The van der Waals surface area contributed by atoms with Gasteiger partial charge in [0.2, 0.25) is 0 Å². The number of nitro groups is 1. The van der Waals surface area contributed by atoms with Crippen LogP contribution in [-0.4, -0.2) is 5.03 Å². The second-order valence-electron chi connectivity index (χ2n) is 2.03. The number of nitrogens with zero attached hydrogens (tertiary/aromatic N) is 2. The van der Waals surface area contributed by atoms with E-state index < -0.39 is 5.03 Å². The monoisotopic (exact) mass is 262 g/mol. The van der Waals surface area contributed by atoms with Crippen LogP contribution in [-0.2, 0) is 0 Å². The maximum atomic E-state index is 10.0. The molecule has 0 amide bonds. The second-order valence-corrected chi connectivity index (χ2v) is 3.20. The minimum absolute atomic E-state index is 0. The van der Waals surface area contributed by atoms with Crippen molar-refractivity contribution >= 4 is 40.5 Å². The number of halogens is 3. The van der Waals surface area contributed by atoms with Crippen molar-refractivity contribution in [1.29, 1.82) is 0 Å². The molecule has 0 aromatic heterocycles. The Morgan fingerprint density at radius 2 is 1.79 bits per heavy atom. The minimum atomic E-state index is -0.856. The Balaban J connectivity index is 0.00000169. The molecule has 0 radical (unpaired) electrons. The van der Waals surface area contributed by atoms with Gasteiger partial charge in [0.25, 0.3) is 0 Å². The Hall–Kier alpha value is 0.290.